The Kier molecular flexibility index (Phi) is 3.53. The van der Waals surface area contributed by atoms with E-state index < -0.39 is 11.6 Å². The molecule has 0 saturated heterocycles. The Hall–Kier alpha value is -1.75. The third kappa shape index (κ3) is 2.58. The number of nitrogen functional groups attached to an aromatic ring is 1. The van der Waals surface area contributed by atoms with Crippen molar-refractivity contribution in [3.05, 3.63) is 53.6 Å². The molecule has 0 spiro atoms. The molecule has 20 heavy (non-hydrogen) atoms. The highest BCUT2D eigenvalue weighted by atomic mass is 32.2. The number of para-hydroxylation sites is 1. The van der Waals surface area contributed by atoms with Crippen LogP contribution in [-0.2, 0) is 6.42 Å². The van der Waals surface area contributed by atoms with Crippen LogP contribution in [0, 0.1) is 11.6 Å². The SMILES string of the molecule is Nc1cc(F)c(SCC2Cc3ccccc3O2)c(F)c1. The van der Waals surface area contributed by atoms with Gasteiger partial charge >= 0.3 is 0 Å². The molecule has 5 heteroatoms. The normalized spacial score (nSPS) is 16.8. The lowest BCUT2D eigenvalue weighted by molar-refractivity contribution is 0.259. The smallest absolute Gasteiger partial charge is 0.141 e. The van der Waals surface area contributed by atoms with Gasteiger partial charge in [0.05, 0.1) is 4.90 Å². The summed E-state index contributed by atoms with van der Waals surface area (Å²) in [4.78, 5) is -0.00115. The summed E-state index contributed by atoms with van der Waals surface area (Å²) in [6.07, 6.45) is 0.704. The Morgan fingerprint density at radius 1 is 1.20 bits per heavy atom. The van der Waals surface area contributed by atoms with Crippen LogP contribution in [0.25, 0.3) is 0 Å². The number of benzene rings is 2. The molecule has 2 nitrogen and oxygen atoms in total. The number of anilines is 1. The molecule has 0 aliphatic carbocycles. The average Bonchev–Trinajstić information content (AvgIpc) is 2.80. The fraction of sp³-hybridized carbons (Fsp3) is 0.200. The molecule has 3 rings (SSSR count). The molecular formula is C15H13F2NOS. The van der Waals surface area contributed by atoms with Gasteiger partial charge in [0.25, 0.3) is 0 Å². The summed E-state index contributed by atoms with van der Waals surface area (Å²) in [6.45, 7) is 0. The van der Waals surface area contributed by atoms with Gasteiger partial charge < -0.3 is 10.5 Å². The summed E-state index contributed by atoms with van der Waals surface area (Å²) in [5, 5.41) is 0. The van der Waals surface area contributed by atoms with Crippen molar-refractivity contribution in [2.24, 2.45) is 0 Å². The minimum Gasteiger partial charge on any atom is -0.489 e. The maximum absolute atomic E-state index is 13.7. The number of rotatable bonds is 3. The van der Waals surface area contributed by atoms with E-state index in [2.05, 4.69) is 0 Å². The predicted octanol–water partition coefficient (Wildman–Crippen LogP) is 3.64. The number of fused-ring (bicyclic) bond motifs is 1. The highest BCUT2D eigenvalue weighted by Gasteiger charge is 2.23. The van der Waals surface area contributed by atoms with Crippen molar-refractivity contribution in [3.8, 4) is 5.75 Å². The van der Waals surface area contributed by atoms with Crippen LogP contribution in [0.3, 0.4) is 0 Å². The second-order valence-electron chi connectivity index (χ2n) is 4.68. The molecule has 1 aliphatic rings. The number of thioether (sulfide) groups is 1. The van der Waals surface area contributed by atoms with Gasteiger partial charge in [-0.15, -0.1) is 11.8 Å². The van der Waals surface area contributed by atoms with Gasteiger partial charge in [0, 0.05) is 17.9 Å². The molecule has 1 unspecified atom stereocenters. The first-order valence-corrected chi connectivity index (χ1v) is 7.24. The van der Waals surface area contributed by atoms with E-state index in [0.29, 0.717) is 5.75 Å². The van der Waals surface area contributed by atoms with Gasteiger partial charge in [-0.25, -0.2) is 8.78 Å². The maximum Gasteiger partial charge on any atom is 0.141 e. The predicted molar refractivity (Wildman–Crippen MR) is 76.1 cm³/mol. The topological polar surface area (TPSA) is 35.2 Å². The van der Waals surface area contributed by atoms with E-state index in [1.165, 1.54) is 0 Å². The van der Waals surface area contributed by atoms with E-state index in [-0.39, 0.29) is 16.7 Å². The first-order chi connectivity index (χ1) is 9.63. The van der Waals surface area contributed by atoms with Gasteiger partial charge in [-0.05, 0) is 23.8 Å². The molecule has 0 aromatic heterocycles. The van der Waals surface area contributed by atoms with Crippen LogP contribution in [0.2, 0.25) is 0 Å². The molecule has 0 radical (unpaired) electrons. The van der Waals surface area contributed by atoms with Gasteiger partial charge in [-0.1, -0.05) is 18.2 Å². The van der Waals surface area contributed by atoms with Crippen molar-refractivity contribution in [1.29, 1.82) is 0 Å². The van der Waals surface area contributed by atoms with Gasteiger partial charge in [-0.3, -0.25) is 0 Å². The summed E-state index contributed by atoms with van der Waals surface area (Å²) in [5.74, 6) is 0.106. The summed E-state index contributed by atoms with van der Waals surface area (Å²) in [7, 11) is 0. The summed E-state index contributed by atoms with van der Waals surface area (Å²) >= 11 is 1.12. The zero-order chi connectivity index (χ0) is 14.1. The molecule has 1 atom stereocenters. The standard InChI is InChI=1S/C15H13F2NOS/c16-12-6-10(18)7-13(17)15(12)20-8-11-5-9-3-1-2-4-14(9)19-11/h1-4,6-7,11H,5,8,18H2. The van der Waals surface area contributed by atoms with Gasteiger partial charge in [-0.2, -0.15) is 0 Å². The monoisotopic (exact) mass is 293 g/mol. The third-order valence-electron chi connectivity index (χ3n) is 3.15. The van der Waals surface area contributed by atoms with Crippen LogP contribution in [0.5, 0.6) is 5.75 Å². The molecule has 1 heterocycles. The largest absolute Gasteiger partial charge is 0.489 e. The lowest BCUT2D eigenvalue weighted by atomic mass is 10.1. The molecule has 0 bridgehead atoms. The van der Waals surface area contributed by atoms with E-state index in [0.717, 1.165) is 41.6 Å². The Balaban J connectivity index is 1.67. The zero-order valence-electron chi connectivity index (χ0n) is 10.6. The van der Waals surface area contributed by atoms with Gasteiger partial charge in [0.1, 0.15) is 23.5 Å². The number of halogens is 2. The molecule has 104 valence electrons. The lowest BCUT2D eigenvalue weighted by Crippen LogP contribution is -2.16. The highest BCUT2D eigenvalue weighted by molar-refractivity contribution is 7.99. The van der Waals surface area contributed by atoms with Crippen LogP contribution in [0.15, 0.2) is 41.3 Å². The van der Waals surface area contributed by atoms with Gasteiger partial charge in [0.15, 0.2) is 0 Å². The van der Waals surface area contributed by atoms with Gasteiger partial charge in [0.2, 0.25) is 0 Å². The quantitative estimate of drug-likeness (QED) is 0.693. The van der Waals surface area contributed by atoms with Crippen molar-refractivity contribution in [1.82, 2.24) is 0 Å². The molecular weight excluding hydrogens is 280 g/mol. The highest BCUT2D eigenvalue weighted by Crippen LogP contribution is 2.33. The van der Waals surface area contributed by atoms with E-state index in [1.807, 2.05) is 24.3 Å². The summed E-state index contributed by atoms with van der Waals surface area (Å²) in [5.41, 5.74) is 6.62. The molecule has 2 N–H and O–H groups in total. The first-order valence-electron chi connectivity index (χ1n) is 6.25. The van der Waals surface area contributed by atoms with E-state index in [1.54, 1.807) is 0 Å². The van der Waals surface area contributed by atoms with Crippen molar-refractivity contribution in [3.63, 3.8) is 0 Å². The minimum atomic E-state index is -0.622. The van der Waals surface area contributed by atoms with Crippen molar-refractivity contribution in [2.75, 3.05) is 11.5 Å². The lowest BCUT2D eigenvalue weighted by Gasteiger charge is -2.11. The molecule has 2 aromatic rings. The minimum absolute atomic E-state index is 0.00115. The third-order valence-corrected chi connectivity index (χ3v) is 4.37. The maximum atomic E-state index is 13.7. The fourth-order valence-electron chi connectivity index (χ4n) is 2.24. The van der Waals surface area contributed by atoms with E-state index >= 15 is 0 Å². The Bertz CT molecular complexity index is 600. The first kappa shape index (κ1) is 13.2. The van der Waals surface area contributed by atoms with Crippen LogP contribution < -0.4 is 10.5 Å². The van der Waals surface area contributed by atoms with Crippen LogP contribution in [-0.4, -0.2) is 11.9 Å². The van der Waals surface area contributed by atoms with E-state index in [9.17, 15) is 8.78 Å². The molecule has 0 fully saturated rings. The van der Waals surface area contributed by atoms with Crippen LogP contribution >= 0.6 is 11.8 Å². The van der Waals surface area contributed by atoms with Crippen LogP contribution in [0.1, 0.15) is 5.56 Å². The van der Waals surface area contributed by atoms with Crippen molar-refractivity contribution in [2.45, 2.75) is 17.4 Å². The second kappa shape index (κ2) is 5.32. The number of hydrogen-bond donors (Lipinski definition) is 1. The van der Waals surface area contributed by atoms with Crippen molar-refractivity contribution < 1.29 is 13.5 Å². The average molecular weight is 293 g/mol. The number of nitrogens with two attached hydrogens (primary N) is 1. The number of hydrogen-bond acceptors (Lipinski definition) is 3. The Labute approximate surface area is 119 Å². The number of ether oxygens (including phenoxy) is 1. The summed E-state index contributed by atoms with van der Waals surface area (Å²) < 4.78 is 33.1. The fourth-order valence-corrected chi connectivity index (χ4v) is 3.17. The second-order valence-corrected chi connectivity index (χ2v) is 5.71. The zero-order valence-corrected chi connectivity index (χ0v) is 11.4. The van der Waals surface area contributed by atoms with E-state index in [4.69, 9.17) is 10.5 Å². The Morgan fingerprint density at radius 2 is 1.90 bits per heavy atom. The van der Waals surface area contributed by atoms with Crippen LogP contribution in [0.4, 0.5) is 14.5 Å². The molecule has 0 amide bonds. The molecule has 1 aliphatic heterocycles. The van der Waals surface area contributed by atoms with Crippen molar-refractivity contribution >= 4 is 17.4 Å². The molecule has 2 aromatic carbocycles. The Morgan fingerprint density at radius 3 is 2.60 bits per heavy atom. The molecule has 0 saturated carbocycles. The summed E-state index contributed by atoms with van der Waals surface area (Å²) in [6, 6.07) is 10.0.